The van der Waals surface area contributed by atoms with Crippen LogP contribution in [0.15, 0.2) is 0 Å². The van der Waals surface area contributed by atoms with Gasteiger partial charge in [-0.3, -0.25) is 4.79 Å². The fourth-order valence-electron chi connectivity index (χ4n) is 1.34. The zero-order chi connectivity index (χ0) is 12.6. The summed E-state index contributed by atoms with van der Waals surface area (Å²) in [5, 5.41) is 2.80. The smallest absolute Gasteiger partial charge is 0.220 e. The molecule has 16 heavy (non-hydrogen) atoms. The molecular weight excluding hydrogens is 202 g/mol. The molecule has 0 aliphatic rings. The first-order valence-electron chi connectivity index (χ1n) is 6.28. The van der Waals surface area contributed by atoms with Gasteiger partial charge in [0.25, 0.3) is 0 Å². The fourth-order valence-corrected chi connectivity index (χ4v) is 1.34. The minimum atomic E-state index is -0.194. The number of nitrogens with one attached hydrogen (secondary N) is 1. The van der Waals surface area contributed by atoms with E-state index in [4.69, 9.17) is 4.74 Å². The molecule has 1 N–H and O–H groups in total. The van der Waals surface area contributed by atoms with Crippen molar-refractivity contribution in [1.82, 2.24) is 5.32 Å². The molecule has 96 valence electrons. The van der Waals surface area contributed by atoms with Crippen LogP contribution in [0.2, 0.25) is 0 Å². The molecule has 0 rings (SSSR count). The van der Waals surface area contributed by atoms with Gasteiger partial charge >= 0.3 is 0 Å². The highest BCUT2D eigenvalue weighted by atomic mass is 16.5. The molecule has 0 aromatic carbocycles. The molecule has 3 nitrogen and oxygen atoms in total. The van der Waals surface area contributed by atoms with Crippen LogP contribution in [0.4, 0.5) is 0 Å². The summed E-state index contributed by atoms with van der Waals surface area (Å²) in [5.41, 5.74) is -0.194. The van der Waals surface area contributed by atoms with Gasteiger partial charge in [-0.2, -0.15) is 0 Å². The van der Waals surface area contributed by atoms with E-state index in [-0.39, 0.29) is 11.5 Å². The van der Waals surface area contributed by atoms with Gasteiger partial charge in [-0.15, -0.1) is 0 Å². The fraction of sp³-hybridized carbons (Fsp3) is 0.923. The van der Waals surface area contributed by atoms with Gasteiger partial charge < -0.3 is 10.1 Å². The van der Waals surface area contributed by atoms with Gasteiger partial charge in [0, 0.05) is 19.6 Å². The molecule has 0 fully saturated rings. The largest absolute Gasteiger partial charge is 0.376 e. The van der Waals surface area contributed by atoms with E-state index < -0.39 is 0 Å². The minimum absolute atomic E-state index is 0.114. The lowest BCUT2D eigenvalue weighted by atomic mass is 10.0. The van der Waals surface area contributed by atoms with Gasteiger partial charge in [0.1, 0.15) is 0 Å². The van der Waals surface area contributed by atoms with Crippen LogP contribution in [-0.4, -0.2) is 24.7 Å². The highest BCUT2D eigenvalue weighted by Crippen LogP contribution is 2.17. The maximum absolute atomic E-state index is 11.3. The van der Waals surface area contributed by atoms with Crippen molar-refractivity contribution in [2.24, 2.45) is 5.92 Å². The first kappa shape index (κ1) is 15.4. The molecule has 1 amide bonds. The summed E-state index contributed by atoms with van der Waals surface area (Å²) in [6.45, 7) is 11.9. The molecule has 0 aromatic heterocycles. The quantitative estimate of drug-likeness (QED) is 0.695. The molecule has 0 spiro atoms. The summed E-state index contributed by atoms with van der Waals surface area (Å²) in [6, 6.07) is 0. The molecule has 0 aromatic rings. The predicted molar refractivity (Wildman–Crippen MR) is 67.4 cm³/mol. The Hall–Kier alpha value is -0.570. The van der Waals surface area contributed by atoms with Crippen molar-refractivity contribution >= 4 is 5.91 Å². The van der Waals surface area contributed by atoms with Crippen LogP contribution in [-0.2, 0) is 9.53 Å². The van der Waals surface area contributed by atoms with E-state index in [1.165, 1.54) is 0 Å². The Morgan fingerprint density at radius 2 is 2.00 bits per heavy atom. The number of carbonyl (C=O) groups excluding carboxylic acids is 1. The summed E-state index contributed by atoms with van der Waals surface area (Å²) < 4.78 is 5.79. The SMILES string of the molecule is CCNC(=O)CCC(C)(C)OCCC(C)C. The van der Waals surface area contributed by atoms with Crippen LogP contribution in [0.1, 0.15) is 53.9 Å². The Labute approximate surface area is 99.9 Å². The zero-order valence-electron chi connectivity index (χ0n) is 11.4. The maximum atomic E-state index is 11.3. The Morgan fingerprint density at radius 1 is 1.38 bits per heavy atom. The average molecular weight is 229 g/mol. The van der Waals surface area contributed by atoms with E-state index in [1.54, 1.807) is 0 Å². The van der Waals surface area contributed by atoms with Gasteiger partial charge in [-0.1, -0.05) is 13.8 Å². The minimum Gasteiger partial charge on any atom is -0.376 e. The lowest BCUT2D eigenvalue weighted by Gasteiger charge is -2.25. The highest BCUT2D eigenvalue weighted by Gasteiger charge is 2.19. The first-order chi connectivity index (χ1) is 7.37. The van der Waals surface area contributed by atoms with Gasteiger partial charge in [0.2, 0.25) is 5.91 Å². The van der Waals surface area contributed by atoms with Gasteiger partial charge in [0.05, 0.1) is 5.60 Å². The monoisotopic (exact) mass is 229 g/mol. The Balaban J connectivity index is 3.73. The standard InChI is InChI=1S/C13H27NO2/c1-6-14-12(15)7-9-13(4,5)16-10-8-11(2)3/h11H,6-10H2,1-5H3,(H,14,15). The van der Waals surface area contributed by atoms with Crippen molar-refractivity contribution in [2.45, 2.75) is 59.5 Å². The van der Waals surface area contributed by atoms with E-state index in [0.29, 0.717) is 18.9 Å². The molecule has 0 unspecified atom stereocenters. The first-order valence-corrected chi connectivity index (χ1v) is 6.28. The number of hydrogen-bond acceptors (Lipinski definition) is 2. The van der Waals surface area contributed by atoms with Crippen molar-refractivity contribution in [3.63, 3.8) is 0 Å². The summed E-state index contributed by atoms with van der Waals surface area (Å²) in [7, 11) is 0. The van der Waals surface area contributed by atoms with Crippen molar-refractivity contribution < 1.29 is 9.53 Å². The molecule has 0 aliphatic heterocycles. The summed E-state index contributed by atoms with van der Waals surface area (Å²) in [4.78, 5) is 11.3. The van der Waals surface area contributed by atoms with E-state index in [0.717, 1.165) is 19.4 Å². The van der Waals surface area contributed by atoms with Gasteiger partial charge in [0.15, 0.2) is 0 Å². The van der Waals surface area contributed by atoms with Gasteiger partial charge in [-0.25, -0.2) is 0 Å². The van der Waals surface area contributed by atoms with E-state index in [9.17, 15) is 4.79 Å². The van der Waals surface area contributed by atoms with Crippen LogP contribution in [0, 0.1) is 5.92 Å². The molecule has 0 atom stereocenters. The third kappa shape index (κ3) is 8.72. The summed E-state index contributed by atoms with van der Waals surface area (Å²) in [6.07, 6.45) is 2.39. The number of ether oxygens (including phenoxy) is 1. The van der Waals surface area contributed by atoms with Crippen LogP contribution in [0.25, 0.3) is 0 Å². The number of amides is 1. The second kappa shape index (κ2) is 7.66. The van der Waals surface area contributed by atoms with E-state index in [2.05, 4.69) is 19.2 Å². The van der Waals surface area contributed by atoms with Crippen molar-refractivity contribution in [1.29, 1.82) is 0 Å². The zero-order valence-corrected chi connectivity index (χ0v) is 11.4. The lowest BCUT2D eigenvalue weighted by Crippen LogP contribution is -2.30. The Kier molecular flexibility index (Phi) is 7.39. The second-order valence-electron chi connectivity index (χ2n) is 5.24. The molecule has 0 aliphatic carbocycles. The lowest BCUT2D eigenvalue weighted by molar-refractivity contribution is -0.122. The Bertz CT molecular complexity index is 200. The summed E-state index contributed by atoms with van der Waals surface area (Å²) >= 11 is 0. The van der Waals surface area contributed by atoms with Crippen LogP contribution in [0.3, 0.4) is 0 Å². The normalized spacial score (nSPS) is 11.9. The molecule has 0 radical (unpaired) electrons. The van der Waals surface area contributed by atoms with E-state index >= 15 is 0 Å². The number of rotatable bonds is 8. The maximum Gasteiger partial charge on any atom is 0.220 e. The molecule has 0 saturated carbocycles. The predicted octanol–water partition coefficient (Wildman–Crippen LogP) is 2.74. The average Bonchev–Trinajstić information content (AvgIpc) is 2.14. The molecule has 0 bridgehead atoms. The second-order valence-corrected chi connectivity index (χ2v) is 5.24. The number of carbonyl (C=O) groups is 1. The van der Waals surface area contributed by atoms with Crippen LogP contribution >= 0.6 is 0 Å². The molecule has 0 saturated heterocycles. The topological polar surface area (TPSA) is 38.3 Å². The molecule has 3 heteroatoms. The van der Waals surface area contributed by atoms with Crippen molar-refractivity contribution in [3.05, 3.63) is 0 Å². The Morgan fingerprint density at radius 3 is 2.50 bits per heavy atom. The molecular formula is C13H27NO2. The highest BCUT2D eigenvalue weighted by molar-refractivity contribution is 5.75. The van der Waals surface area contributed by atoms with Crippen LogP contribution in [0.5, 0.6) is 0 Å². The third-order valence-corrected chi connectivity index (χ3v) is 2.52. The number of hydrogen-bond donors (Lipinski definition) is 1. The van der Waals surface area contributed by atoms with Crippen molar-refractivity contribution in [3.8, 4) is 0 Å². The third-order valence-electron chi connectivity index (χ3n) is 2.52. The summed E-state index contributed by atoms with van der Waals surface area (Å²) in [5.74, 6) is 0.780. The van der Waals surface area contributed by atoms with E-state index in [1.807, 2.05) is 20.8 Å². The van der Waals surface area contributed by atoms with Crippen LogP contribution < -0.4 is 5.32 Å². The van der Waals surface area contributed by atoms with Gasteiger partial charge in [-0.05, 0) is 39.5 Å². The molecule has 0 heterocycles. The van der Waals surface area contributed by atoms with Crippen molar-refractivity contribution in [2.75, 3.05) is 13.2 Å².